The quantitative estimate of drug-likeness (QED) is 0.248. The summed E-state index contributed by atoms with van der Waals surface area (Å²) in [7, 11) is 5.52. The fourth-order valence-corrected chi connectivity index (χ4v) is 4.44. The van der Waals surface area contributed by atoms with Crippen LogP contribution in [0.15, 0.2) is 4.99 Å². The Morgan fingerprint density at radius 2 is 1.89 bits per heavy atom. The molecular formula is C20H40IN5O. The fourth-order valence-electron chi connectivity index (χ4n) is 4.44. The van der Waals surface area contributed by atoms with E-state index in [4.69, 9.17) is 0 Å². The van der Waals surface area contributed by atoms with E-state index in [-0.39, 0.29) is 35.3 Å². The lowest BCUT2D eigenvalue weighted by Crippen LogP contribution is -2.49. The Kier molecular flexibility index (Phi) is 11.0. The van der Waals surface area contributed by atoms with Gasteiger partial charge in [-0.2, -0.15) is 0 Å². The van der Waals surface area contributed by atoms with Crippen LogP contribution in [0.3, 0.4) is 0 Å². The van der Waals surface area contributed by atoms with Gasteiger partial charge in [0, 0.05) is 46.8 Å². The topological polar surface area (TPSA) is 60.0 Å². The molecule has 0 spiro atoms. The van der Waals surface area contributed by atoms with E-state index in [0.29, 0.717) is 6.54 Å². The fraction of sp³-hybridized carbons (Fsp3) is 0.900. The van der Waals surface area contributed by atoms with E-state index in [2.05, 4.69) is 27.4 Å². The summed E-state index contributed by atoms with van der Waals surface area (Å²) in [5.41, 5.74) is -0.260. The summed E-state index contributed by atoms with van der Waals surface area (Å²) in [5.74, 6) is 1.06. The molecule has 1 heterocycles. The molecule has 1 aliphatic heterocycles. The van der Waals surface area contributed by atoms with Gasteiger partial charge in [-0.25, -0.2) is 0 Å². The molecule has 1 unspecified atom stereocenters. The van der Waals surface area contributed by atoms with E-state index >= 15 is 0 Å². The maximum atomic E-state index is 12.7. The number of amides is 1. The van der Waals surface area contributed by atoms with Crippen molar-refractivity contribution in [2.45, 2.75) is 64.3 Å². The minimum Gasteiger partial charge on any atom is -0.356 e. The minimum absolute atomic E-state index is 0. The Morgan fingerprint density at radius 3 is 2.48 bits per heavy atom. The van der Waals surface area contributed by atoms with Gasteiger partial charge in [0.1, 0.15) is 0 Å². The van der Waals surface area contributed by atoms with Crippen molar-refractivity contribution in [3.63, 3.8) is 0 Å². The van der Waals surface area contributed by atoms with Crippen molar-refractivity contribution < 1.29 is 4.79 Å². The SMILES string of the molecule is CN=C(NCCCN1CCCCC1C)NCC1(C(=O)N(C)C)CCCC1.I. The first-order valence-corrected chi connectivity index (χ1v) is 10.4. The second-order valence-electron chi connectivity index (χ2n) is 8.27. The summed E-state index contributed by atoms with van der Waals surface area (Å²) in [6.07, 6.45) is 9.39. The maximum absolute atomic E-state index is 12.7. The van der Waals surface area contributed by atoms with Crippen LogP contribution in [0, 0.1) is 5.41 Å². The number of aliphatic imine (C=N–C) groups is 1. The van der Waals surface area contributed by atoms with Crippen LogP contribution in [-0.4, -0.2) is 75.0 Å². The molecule has 2 fully saturated rings. The molecule has 1 aliphatic carbocycles. The molecule has 1 amide bonds. The molecule has 2 aliphatic rings. The lowest BCUT2D eigenvalue weighted by molar-refractivity contribution is -0.138. The van der Waals surface area contributed by atoms with Crippen LogP contribution in [0.25, 0.3) is 0 Å². The number of carbonyl (C=O) groups is 1. The van der Waals surface area contributed by atoms with E-state index < -0.39 is 0 Å². The summed E-state index contributed by atoms with van der Waals surface area (Å²) in [6.45, 7) is 6.32. The van der Waals surface area contributed by atoms with Crippen LogP contribution in [0.1, 0.15) is 58.3 Å². The number of nitrogens with one attached hydrogen (secondary N) is 2. The smallest absolute Gasteiger partial charge is 0.230 e. The molecule has 158 valence electrons. The highest BCUT2D eigenvalue weighted by Crippen LogP contribution is 2.38. The predicted molar refractivity (Wildman–Crippen MR) is 124 cm³/mol. The van der Waals surface area contributed by atoms with Crippen molar-refractivity contribution >= 4 is 35.8 Å². The number of hydrogen-bond donors (Lipinski definition) is 2. The first-order valence-electron chi connectivity index (χ1n) is 10.4. The number of hydrogen-bond acceptors (Lipinski definition) is 3. The van der Waals surface area contributed by atoms with Crippen LogP contribution < -0.4 is 10.6 Å². The first-order chi connectivity index (χ1) is 12.5. The molecule has 6 nitrogen and oxygen atoms in total. The Labute approximate surface area is 182 Å². The average Bonchev–Trinajstić information content (AvgIpc) is 3.11. The van der Waals surface area contributed by atoms with E-state index in [1.165, 1.54) is 25.8 Å². The van der Waals surface area contributed by atoms with Crippen LogP contribution >= 0.6 is 24.0 Å². The lowest BCUT2D eigenvalue weighted by Gasteiger charge is -2.33. The summed E-state index contributed by atoms with van der Waals surface area (Å²) in [5, 5.41) is 6.83. The standard InChI is InChI=1S/C20H39N5O.HI/c1-17-10-5-8-14-25(17)15-9-13-22-19(21-2)23-16-20(11-6-7-12-20)18(26)24(3)4;/h17H,5-16H2,1-4H3,(H2,21,22,23);1H. The maximum Gasteiger partial charge on any atom is 0.230 e. The monoisotopic (exact) mass is 493 g/mol. The molecular weight excluding hydrogens is 453 g/mol. The van der Waals surface area contributed by atoms with Crippen LogP contribution in [0.2, 0.25) is 0 Å². The van der Waals surface area contributed by atoms with E-state index in [0.717, 1.165) is 57.2 Å². The Bertz CT molecular complexity index is 477. The second-order valence-corrected chi connectivity index (χ2v) is 8.27. The van der Waals surface area contributed by atoms with Crippen molar-refractivity contribution in [1.29, 1.82) is 0 Å². The molecule has 2 rings (SSSR count). The van der Waals surface area contributed by atoms with Gasteiger partial charge in [-0.3, -0.25) is 9.79 Å². The molecule has 2 N–H and O–H groups in total. The zero-order valence-electron chi connectivity index (χ0n) is 17.7. The van der Waals surface area contributed by atoms with Gasteiger partial charge < -0.3 is 20.4 Å². The highest BCUT2D eigenvalue weighted by molar-refractivity contribution is 14.0. The van der Waals surface area contributed by atoms with Crippen molar-refractivity contribution in [2.24, 2.45) is 10.4 Å². The normalized spacial score (nSPS) is 22.8. The molecule has 0 aromatic rings. The van der Waals surface area contributed by atoms with Crippen LogP contribution in [-0.2, 0) is 4.79 Å². The number of guanidine groups is 1. The summed E-state index contributed by atoms with van der Waals surface area (Å²) in [4.78, 5) is 21.3. The van der Waals surface area contributed by atoms with Crippen molar-refractivity contribution in [3.05, 3.63) is 0 Å². The average molecular weight is 493 g/mol. The van der Waals surface area contributed by atoms with Gasteiger partial charge in [0.25, 0.3) is 0 Å². The molecule has 1 saturated heterocycles. The number of carbonyl (C=O) groups excluding carboxylic acids is 1. The molecule has 0 aromatic carbocycles. The number of halogens is 1. The van der Waals surface area contributed by atoms with Crippen LogP contribution in [0.5, 0.6) is 0 Å². The van der Waals surface area contributed by atoms with E-state index in [9.17, 15) is 4.79 Å². The van der Waals surface area contributed by atoms with Gasteiger partial charge in [0.2, 0.25) is 5.91 Å². The molecule has 7 heteroatoms. The highest BCUT2D eigenvalue weighted by Gasteiger charge is 2.42. The van der Waals surface area contributed by atoms with Crippen LogP contribution in [0.4, 0.5) is 0 Å². The van der Waals surface area contributed by atoms with Crippen molar-refractivity contribution in [1.82, 2.24) is 20.4 Å². The molecule has 0 radical (unpaired) electrons. The van der Waals surface area contributed by atoms with Crippen molar-refractivity contribution in [2.75, 3.05) is 47.3 Å². The second kappa shape index (κ2) is 12.1. The van der Waals surface area contributed by atoms with Gasteiger partial charge in [0.15, 0.2) is 5.96 Å². The zero-order chi connectivity index (χ0) is 19.0. The van der Waals surface area contributed by atoms with Crippen molar-refractivity contribution in [3.8, 4) is 0 Å². The summed E-state index contributed by atoms with van der Waals surface area (Å²) in [6, 6.07) is 0.723. The number of likely N-dealkylation sites (tertiary alicyclic amines) is 1. The predicted octanol–water partition coefficient (Wildman–Crippen LogP) is 2.68. The highest BCUT2D eigenvalue weighted by atomic mass is 127. The third-order valence-corrected chi connectivity index (χ3v) is 6.09. The number of rotatable bonds is 7. The van der Waals surface area contributed by atoms with Gasteiger partial charge >= 0.3 is 0 Å². The largest absolute Gasteiger partial charge is 0.356 e. The Balaban J connectivity index is 0.00000364. The summed E-state index contributed by atoms with van der Waals surface area (Å²) >= 11 is 0. The van der Waals surface area contributed by atoms with Gasteiger partial charge in [0.05, 0.1) is 5.41 Å². The zero-order valence-corrected chi connectivity index (χ0v) is 20.1. The van der Waals surface area contributed by atoms with E-state index in [1.54, 1.807) is 11.9 Å². The van der Waals surface area contributed by atoms with Gasteiger partial charge in [-0.1, -0.05) is 19.3 Å². The Morgan fingerprint density at radius 1 is 1.19 bits per heavy atom. The number of piperidine rings is 1. The third kappa shape index (κ3) is 7.07. The third-order valence-electron chi connectivity index (χ3n) is 6.09. The molecule has 1 saturated carbocycles. The first kappa shape index (κ1) is 24.5. The van der Waals surface area contributed by atoms with Gasteiger partial charge in [-0.05, 0) is 45.6 Å². The summed E-state index contributed by atoms with van der Waals surface area (Å²) < 4.78 is 0. The molecule has 0 aromatic heterocycles. The lowest BCUT2D eigenvalue weighted by atomic mass is 9.84. The molecule has 0 bridgehead atoms. The Hall–Kier alpha value is -0.570. The number of nitrogens with zero attached hydrogens (tertiary/aromatic N) is 3. The van der Waals surface area contributed by atoms with Gasteiger partial charge in [-0.15, -0.1) is 24.0 Å². The minimum atomic E-state index is -0.260. The molecule has 27 heavy (non-hydrogen) atoms. The molecule has 1 atom stereocenters. The van der Waals surface area contributed by atoms with E-state index in [1.807, 2.05) is 14.1 Å².